The summed E-state index contributed by atoms with van der Waals surface area (Å²) in [5.74, 6) is -0.510. The Morgan fingerprint density at radius 2 is 2.16 bits per heavy atom. The molecule has 0 aliphatic carbocycles. The van der Waals surface area contributed by atoms with Crippen molar-refractivity contribution in [2.45, 2.75) is 6.42 Å². The quantitative estimate of drug-likeness (QED) is 0.424. The van der Waals surface area contributed by atoms with Gasteiger partial charge in [0.2, 0.25) is 0 Å². The van der Waals surface area contributed by atoms with E-state index >= 15 is 0 Å². The highest BCUT2D eigenvalue weighted by Crippen LogP contribution is 2.24. The molecule has 7 heteroatoms. The van der Waals surface area contributed by atoms with Crippen LogP contribution in [0.1, 0.15) is 6.42 Å². The SMILES string of the molecule is COCCOCCCNc1cc(F)ccc1[N+](=O)[O-]. The van der Waals surface area contributed by atoms with Crippen LogP contribution in [-0.4, -0.2) is 38.4 Å². The lowest BCUT2D eigenvalue weighted by atomic mass is 10.2. The van der Waals surface area contributed by atoms with Crippen molar-refractivity contribution in [2.24, 2.45) is 0 Å². The van der Waals surface area contributed by atoms with Crippen molar-refractivity contribution in [3.63, 3.8) is 0 Å². The molecule has 0 bridgehead atoms. The lowest BCUT2D eigenvalue weighted by Crippen LogP contribution is -2.09. The molecule has 1 aromatic rings. The van der Waals surface area contributed by atoms with Crippen LogP contribution in [0.25, 0.3) is 0 Å². The summed E-state index contributed by atoms with van der Waals surface area (Å²) in [6.07, 6.45) is 0.664. The molecule has 0 heterocycles. The normalized spacial score (nSPS) is 10.4. The smallest absolute Gasteiger partial charge is 0.292 e. The number of halogens is 1. The number of hydrogen-bond donors (Lipinski definition) is 1. The average Bonchev–Trinajstić information content (AvgIpc) is 2.37. The largest absolute Gasteiger partial charge is 0.382 e. The van der Waals surface area contributed by atoms with Crippen LogP contribution >= 0.6 is 0 Å². The molecule has 0 unspecified atom stereocenters. The fourth-order valence-electron chi connectivity index (χ4n) is 1.45. The first kappa shape index (κ1) is 15.3. The third-order valence-corrected chi connectivity index (χ3v) is 2.37. The minimum absolute atomic E-state index is 0.137. The first-order valence-corrected chi connectivity index (χ1v) is 5.89. The Morgan fingerprint density at radius 3 is 2.84 bits per heavy atom. The summed E-state index contributed by atoms with van der Waals surface area (Å²) in [5.41, 5.74) is 0.0450. The van der Waals surface area contributed by atoms with Gasteiger partial charge in [0.25, 0.3) is 5.69 Å². The van der Waals surface area contributed by atoms with E-state index in [4.69, 9.17) is 9.47 Å². The van der Waals surface area contributed by atoms with E-state index in [-0.39, 0.29) is 11.4 Å². The van der Waals surface area contributed by atoms with Gasteiger partial charge in [0.15, 0.2) is 0 Å². The molecule has 6 nitrogen and oxygen atoms in total. The van der Waals surface area contributed by atoms with Gasteiger partial charge in [0.05, 0.1) is 18.1 Å². The monoisotopic (exact) mass is 272 g/mol. The maximum atomic E-state index is 13.0. The van der Waals surface area contributed by atoms with Gasteiger partial charge in [-0.05, 0) is 12.5 Å². The number of hydrogen-bond acceptors (Lipinski definition) is 5. The summed E-state index contributed by atoms with van der Waals surface area (Å²) in [7, 11) is 1.59. The number of nitrogens with one attached hydrogen (secondary N) is 1. The lowest BCUT2D eigenvalue weighted by molar-refractivity contribution is -0.384. The van der Waals surface area contributed by atoms with Gasteiger partial charge in [0, 0.05) is 32.4 Å². The van der Waals surface area contributed by atoms with Crippen LogP contribution in [-0.2, 0) is 9.47 Å². The third kappa shape index (κ3) is 5.62. The van der Waals surface area contributed by atoms with Crippen LogP contribution in [0.15, 0.2) is 18.2 Å². The highest BCUT2D eigenvalue weighted by molar-refractivity contribution is 5.61. The van der Waals surface area contributed by atoms with Crippen molar-refractivity contribution >= 4 is 11.4 Å². The number of ether oxygens (including phenoxy) is 2. The second-order valence-electron chi connectivity index (χ2n) is 3.80. The highest BCUT2D eigenvalue weighted by Gasteiger charge is 2.13. The molecule has 106 valence electrons. The summed E-state index contributed by atoms with van der Waals surface area (Å²) in [5, 5.41) is 13.6. The summed E-state index contributed by atoms with van der Waals surface area (Å²) in [4.78, 5) is 10.2. The number of methoxy groups -OCH3 is 1. The number of nitro benzene ring substituents is 1. The molecular weight excluding hydrogens is 255 g/mol. The first-order chi connectivity index (χ1) is 9.15. The van der Waals surface area contributed by atoms with E-state index in [0.29, 0.717) is 32.8 Å². The van der Waals surface area contributed by atoms with Gasteiger partial charge in [-0.25, -0.2) is 4.39 Å². The number of benzene rings is 1. The van der Waals surface area contributed by atoms with E-state index in [1.54, 1.807) is 7.11 Å². The fraction of sp³-hybridized carbons (Fsp3) is 0.500. The van der Waals surface area contributed by atoms with Crippen LogP contribution in [0, 0.1) is 15.9 Å². The van der Waals surface area contributed by atoms with Crippen LogP contribution in [0.4, 0.5) is 15.8 Å². The predicted molar refractivity (Wildman–Crippen MR) is 68.9 cm³/mol. The number of anilines is 1. The molecule has 0 amide bonds. The second kappa shape index (κ2) is 8.39. The van der Waals surface area contributed by atoms with E-state index in [1.165, 1.54) is 0 Å². The molecule has 1 rings (SSSR count). The molecule has 0 saturated carbocycles. The molecule has 0 spiro atoms. The first-order valence-electron chi connectivity index (χ1n) is 5.89. The fourth-order valence-corrected chi connectivity index (χ4v) is 1.45. The number of rotatable bonds is 9. The zero-order valence-electron chi connectivity index (χ0n) is 10.7. The third-order valence-electron chi connectivity index (χ3n) is 2.37. The van der Waals surface area contributed by atoms with Crippen molar-refractivity contribution < 1.29 is 18.8 Å². The lowest BCUT2D eigenvalue weighted by Gasteiger charge is -2.07. The van der Waals surface area contributed by atoms with E-state index in [0.717, 1.165) is 18.2 Å². The van der Waals surface area contributed by atoms with E-state index in [9.17, 15) is 14.5 Å². The molecule has 0 saturated heterocycles. The van der Waals surface area contributed by atoms with Gasteiger partial charge in [0.1, 0.15) is 11.5 Å². The maximum absolute atomic E-state index is 13.0. The average molecular weight is 272 g/mol. The number of nitrogens with zero attached hydrogens (tertiary/aromatic N) is 1. The predicted octanol–water partition coefficient (Wildman–Crippen LogP) is 2.20. The molecule has 0 aliphatic rings. The van der Waals surface area contributed by atoms with Crippen LogP contribution in [0.2, 0.25) is 0 Å². The van der Waals surface area contributed by atoms with Crippen molar-refractivity contribution in [1.29, 1.82) is 0 Å². The van der Waals surface area contributed by atoms with Gasteiger partial charge in [-0.2, -0.15) is 0 Å². The zero-order valence-corrected chi connectivity index (χ0v) is 10.7. The van der Waals surface area contributed by atoms with Gasteiger partial charge in [-0.3, -0.25) is 10.1 Å². The molecule has 0 atom stereocenters. The Balaban J connectivity index is 2.36. The Morgan fingerprint density at radius 1 is 1.37 bits per heavy atom. The molecule has 0 aromatic heterocycles. The topological polar surface area (TPSA) is 73.6 Å². The Labute approximate surface area is 110 Å². The van der Waals surface area contributed by atoms with Gasteiger partial charge >= 0.3 is 0 Å². The molecule has 1 N–H and O–H groups in total. The van der Waals surface area contributed by atoms with Crippen molar-refractivity contribution in [3.05, 3.63) is 34.1 Å². The van der Waals surface area contributed by atoms with E-state index in [2.05, 4.69) is 5.32 Å². The van der Waals surface area contributed by atoms with Crippen LogP contribution < -0.4 is 5.32 Å². The second-order valence-corrected chi connectivity index (χ2v) is 3.80. The number of nitro groups is 1. The highest BCUT2D eigenvalue weighted by atomic mass is 19.1. The van der Waals surface area contributed by atoms with Crippen LogP contribution in [0.3, 0.4) is 0 Å². The Bertz CT molecular complexity index is 415. The summed E-state index contributed by atoms with van der Waals surface area (Å²) >= 11 is 0. The van der Waals surface area contributed by atoms with Gasteiger partial charge in [-0.15, -0.1) is 0 Å². The molecular formula is C12H17FN2O4. The zero-order chi connectivity index (χ0) is 14.1. The minimum atomic E-state index is -0.545. The van der Waals surface area contributed by atoms with Crippen molar-refractivity contribution in [2.75, 3.05) is 38.8 Å². The minimum Gasteiger partial charge on any atom is -0.382 e. The van der Waals surface area contributed by atoms with Crippen LogP contribution in [0.5, 0.6) is 0 Å². The molecule has 1 aromatic carbocycles. The Hall–Kier alpha value is -1.73. The van der Waals surface area contributed by atoms with Gasteiger partial charge in [-0.1, -0.05) is 0 Å². The molecule has 0 aliphatic heterocycles. The van der Waals surface area contributed by atoms with Crippen molar-refractivity contribution in [1.82, 2.24) is 0 Å². The van der Waals surface area contributed by atoms with Gasteiger partial charge < -0.3 is 14.8 Å². The van der Waals surface area contributed by atoms with E-state index in [1.807, 2.05) is 0 Å². The summed E-state index contributed by atoms with van der Waals surface area (Å²) in [6.45, 7) is 2.02. The van der Waals surface area contributed by atoms with Crippen molar-refractivity contribution in [3.8, 4) is 0 Å². The maximum Gasteiger partial charge on any atom is 0.292 e. The molecule has 0 radical (unpaired) electrons. The standard InChI is InChI=1S/C12H17FN2O4/c1-18-7-8-19-6-2-5-14-11-9-10(13)3-4-12(11)15(16)17/h3-4,9,14H,2,5-8H2,1H3. The summed E-state index contributed by atoms with van der Waals surface area (Å²) < 4.78 is 23.1. The molecule has 19 heavy (non-hydrogen) atoms. The Kier molecular flexibility index (Phi) is 6.76. The summed E-state index contributed by atoms with van der Waals surface area (Å²) in [6, 6.07) is 3.33. The molecule has 0 fully saturated rings. The van der Waals surface area contributed by atoms with E-state index < -0.39 is 10.7 Å².